The molecule has 1 aliphatic heterocycles. The van der Waals surface area contributed by atoms with Crippen LogP contribution in [-0.4, -0.2) is 31.1 Å². The van der Waals surface area contributed by atoms with Crippen LogP contribution in [0.2, 0.25) is 5.02 Å². The van der Waals surface area contributed by atoms with Crippen LogP contribution in [0.1, 0.15) is 34.3 Å². The summed E-state index contributed by atoms with van der Waals surface area (Å²) in [5.74, 6) is 0.196. The smallest absolute Gasteiger partial charge is 0.257 e. The van der Waals surface area contributed by atoms with Crippen molar-refractivity contribution in [1.82, 2.24) is 5.32 Å². The Morgan fingerprint density at radius 2 is 2.00 bits per heavy atom. The standard InChI is InChI=1S/C21H24ClN3O2/c1-14-5-7-16(8-6-14)20(26)25-21(23-13-18-4-3-11-27-18)24-19-10-9-17(22)12-15(19)2/h5-10,12,18H,3-4,11,13H2,1-2H3,(H2,23,24,25,26)/t18-/m0/s1. The molecule has 0 radical (unpaired) electrons. The molecular weight excluding hydrogens is 362 g/mol. The van der Waals surface area contributed by atoms with E-state index in [0.717, 1.165) is 36.3 Å². The predicted octanol–water partition coefficient (Wildman–Crippen LogP) is 4.33. The number of carbonyl (C=O) groups excluding carboxylic acids is 1. The molecule has 1 fully saturated rings. The van der Waals surface area contributed by atoms with Gasteiger partial charge < -0.3 is 10.1 Å². The van der Waals surface area contributed by atoms with Crippen LogP contribution in [0.3, 0.4) is 0 Å². The van der Waals surface area contributed by atoms with Gasteiger partial charge >= 0.3 is 0 Å². The number of halogens is 1. The van der Waals surface area contributed by atoms with Gasteiger partial charge in [-0.05, 0) is 62.6 Å². The van der Waals surface area contributed by atoms with E-state index in [4.69, 9.17) is 16.3 Å². The minimum Gasteiger partial charge on any atom is -0.376 e. The molecule has 0 bridgehead atoms. The summed E-state index contributed by atoms with van der Waals surface area (Å²) in [4.78, 5) is 17.2. The summed E-state index contributed by atoms with van der Waals surface area (Å²) in [6.45, 7) is 5.22. The first kappa shape index (κ1) is 19.4. The summed E-state index contributed by atoms with van der Waals surface area (Å²) in [5.41, 5.74) is 3.50. The fourth-order valence-corrected chi connectivity index (χ4v) is 3.10. The van der Waals surface area contributed by atoms with Crippen LogP contribution in [0, 0.1) is 13.8 Å². The number of carbonyl (C=O) groups is 1. The molecule has 27 heavy (non-hydrogen) atoms. The largest absolute Gasteiger partial charge is 0.376 e. The van der Waals surface area contributed by atoms with Crippen molar-refractivity contribution in [2.24, 2.45) is 4.99 Å². The molecule has 0 aromatic heterocycles. The number of benzene rings is 2. The third kappa shape index (κ3) is 5.55. The van der Waals surface area contributed by atoms with Crippen molar-refractivity contribution in [3.63, 3.8) is 0 Å². The van der Waals surface area contributed by atoms with E-state index in [0.29, 0.717) is 23.1 Å². The Morgan fingerprint density at radius 1 is 1.22 bits per heavy atom. The molecule has 6 heteroatoms. The normalized spacial score (nSPS) is 17.0. The summed E-state index contributed by atoms with van der Waals surface area (Å²) < 4.78 is 5.63. The highest BCUT2D eigenvalue weighted by Crippen LogP contribution is 2.19. The zero-order valence-electron chi connectivity index (χ0n) is 15.6. The number of amides is 1. The number of rotatable bonds is 4. The minimum absolute atomic E-state index is 0.101. The maximum Gasteiger partial charge on any atom is 0.257 e. The zero-order valence-corrected chi connectivity index (χ0v) is 16.3. The summed E-state index contributed by atoms with van der Waals surface area (Å²) >= 11 is 6.03. The van der Waals surface area contributed by atoms with E-state index < -0.39 is 0 Å². The van der Waals surface area contributed by atoms with Gasteiger partial charge in [-0.3, -0.25) is 10.1 Å². The highest BCUT2D eigenvalue weighted by atomic mass is 35.5. The molecule has 0 unspecified atom stereocenters. The van der Waals surface area contributed by atoms with Crippen molar-refractivity contribution in [3.05, 3.63) is 64.2 Å². The third-order valence-corrected chi connectivity index (χ3v) is 4.70. The van der Waals surface area contributed by atoms with Gasteiger partial charge in [0, 0.05) is 22.9 Å². The second kappa shape index (κ2) is 9.02. The lowest BCUT2D eigenvalue weighted by molar-refractivity contribution is 0.0975. The van der Waals surface area contributed by atoms with Gasteiger partial charge in [0.15, 0.2) is 0 Å². The number of ether oxygens (including phenoxy) is 1. The lowest BCUT2D eigenvalue weighted by Crippen LogP contribution is -2.37. The van der Waals surface area contributed by atoms with Crippen LogP contribution in [0.15, 0.2) is 47.5 Å². The molecular formula is C21H24ClN3O2. The van der Waals surface area contributed by atoms with Gasteiger partial charge in [0.05, 0.1) is 12.6 Å². The van der Waals surface area contributed by atoms with Crippen LogP contribution in [-0.2, 0) is 4.74 Å². The highest BCUT2D eigenvalue weighted by Gasteiger charge is 2.16. The van der Waals surface area contributed by atoms with Crippen molar-refractivity contribution < 1.29 is 9.53 Å². The molecule has 142 valence electrons. The number of aryl methyl sites for hydroxylation is 2. The number of nitrogens with zero attached hydrogens (tertiary/aromatic N) is 1. The van der Waals surface area contributed by atoms with Gasteiger partial charge in [-0.1, -0.05) is 29.3 Å². The number of aliphatic imine (C=N–C) groups is 1. The molecule has 2 aromatic carbocycles. The number of hydrogen-bond acceptors (Lipinski definition) is 3. The maximum atomic E-state index is 12.6. The maximum absolute atomic E-state index is 12.6. The summed E-state index contributed by atoms with van der Waals surface area (Å²) in [6, 6.07) is 13.0. The molecule has 0 aliphatic carbocycles. The van der Waals surface area contributed by atoms with Crippen LogP contribution in [0.25, 0.3) is 0 Å². The molecule has 1 atom stereocenters. The molecule has 1 amide bonds. The van der Waals surface area contributed by atoms with E-state index in [1.807, 2.05) is 38.1 Å². The van der Waals surface area contributed by atoms with E-state index in [2.05, 4.69) is 15.6 Å². The van der Waals surface area contributed by atoms with Gasteiger partial charge in [0.25, 0.3) is 5.91 Å². The van der Waals surface area contributed by atoms with E-state index in [1.54, 1.807) is 18.2 Å². The summed E-state index contributed by atoms with van der Waals surface area (Å²) in [7, 11) is 0. The fraction of sp³-hybridized carbons (Fsp3) is 0.333. The topological polar surface area (TPSA) is 62.7 Å². The lowest BCUT2D eigenvalue weighted by atomic mass is 10.1. The monoisotopic (exact) mass is 385 g/mol. The molecule has 0 spiro atoms. The SMILES string of the molecule is Cc1ccc(C(=O)NC(=NC[C@@H]2CCCO2)Nc2ccc(Cl)cc2C)cc1. The van der Waals surface area contributed by atoms with Crippen LogP contribution in [0.4, 0.5) is 5.69 Å². The lowest BCUT2D eigenvalue weighted by Gasteiger charge is -2.15. The van der Waals surface area contributed by atoms with Crippen molar-refractivity contribution in [2.45, 2.75) is 32.8 Å². The molecule has 1 saturated heterocycles. The number of guanidine groups is 1. The molecule has 0 saturated carbocycles. The highest BCUT2D eigenvalue weighted by molar-refractivity contribution is 6.30. The number of nitrogens with one attached hydrogen (secondary N) is 2. The molecule has 2 aromatic rings. The molecule has 2 N–H and O–H groups in total. The Balaban J connectivity index is 1.76. The Labute approximate surface area is 164 Å². The molecule has 5 nitrogen and oxygen atoms in total. The van der Waals surface area contributed by atoms with E-state index in [1.165, 1.54) is 0 Å². The quantitative estimate of drug-likeness (QED) is 0.608. The first-order valence-corrected chi connectivity index (χ1v) is 9.46. The van der Waals surface area contributed by atoms with Crippen molar-refractivity contribution in [3.8, 4) is 0 Å². The molecule has 1 aliphatic rings. The van der Waals surface area contributed by atoms with Gasteiger partial charge in [-0.25, -0.2) is 4.99 Å². The third-order valence-electron chi connectivity index (χ3n) is 4.46. The Kier molecular flexibility index (Phi) is 6.48. The molecule has 1 heterocycles. The van der Waals surface area contributed by atoms with Gasteiger partial charge in [-0.2, -0.15) is 0 Å². The van der Waals surface area contributed by atoms with Crippen LogP contribution >= 0.6 is 11.6 Å². The Morgan fingerprint density at radius 3 is 2.67 bits per heavy atom. The average molecular weight is 386 g/mol. The summed E-state index contributed by atoms with van der Waals surface area (Å²) in [6.07, 6.45) is 2.14. The number of anilines is 1. The van der Waals surface area contributed by atoms with Crippen LogP contribution in [0.5, 0.6) is 0 Å². The summed E-state index contributed by atoms with van der Waals surface area (Å²) in [5, 5.41) is 6.76. The second-order valence-electron chi connectivity index (χ2n) is 6.73. The predicted molar refractivity (Wildman–Crippen MR) is 110 cm³/mol. The van der Waals surface area contributed by atoms with Crippen molar-refractivity contribution in [1.29, 1.82) is 0 Å². The first-order valence-electron chi connectivity index (χ1n) is 9.08. The minimum atomic E-state index is -0.208. The average Bonchev–Trinajstić information content (AvgIpc) is 3.16. The van der Waals surface area contributed by atoms with E-state index in [-0.39, 0.29) is 12.0 Å². The van der Waals surface area contributed by atoms with E-state index >= 15 is 0 Å². The van der Waals surface area contributed by atoms with Crippen molar-refractivity contribution >= 4 is 29.2 Å². The Bertz CT molecular complexity index is 828. The first-order chi connectivity index (χ1) is 13.0. The number of hydrogen-bond donors (Lipinski definition) is 2. The fourth-order valence-electron chi connectivity index (χ4n) is 2.87. The Hall–Kier alpha value is -2.37. The van der Waals surface area contributed by atoms with Gasteiger partial charge in [0.1, 0.15) is 0 Å². The van der Waals surface area contributed by atoms with Gasteiger partial charge in [-0.15, -0.1) is 0 Å². The van der Waals surface area contributed by atoms with Crippen LogP contribution < -0.4 is 10.6 Å². The van der Waals surface area contributed by atoms with Gasteiger partial charge in [0.2, 0.25) is 5.96 Å². The second-order valence-corrected chi connectivity index (χ2v) is 7.17. The van der Waals surface area contributed by atoms with E-state index in [9.17, 15) is 4.79 Å². The zero-order chi connectivity index (χ0) is 19.2. The van der Waals surface area contributed by atoms with Crippen molar-refractivity contribution in [2.75, 3.05) is 18.5 Å². The molecule has 3 rings (SSSR count).